The highest BCUT2D eigenvalue weighted by molar-refractivity contribution is 5.76. The molecule has 2 N–H and O–H groups in total. The van der Waals surface area contributed by atoms with Gasteiger partial charge in [-0.15, -0.1) is 0 Å². The molecular weight excluding hydrogens is 288 g/mol. The minimum Gasteiger partial charge on any atom is -0.497 e. The summed E-state index contributed by atoms with van der Waals surface area (Å²) in [6.45, 7) is 2.47. The van der Waals surface area contributed by atoms with Crippen LogP contribution in [-0.2, 0) is 30.8 Å². The third-order valence-corrected chi connectivity index (χ3v) is 4.19. The highest BCUT2D eigenvalue weighted by Gasteiger charge is 2.10. The van der Waals surface area contributed by atoms with E-state index in [2.05, 4.69) is 28.8 Å². The van der Waals surface area contributed by atoms with E-state index in [0.29, 0.717) is 13.0 Å². The first-order valence-electron chi connectivity index (χ1n) is 7.95. The Bertz CT molecular complexity index is 680. The standard InChI is InChI=1S/C19H22N2O2/c1-23-18-7-3-14(4-8-18)5-9-19(22)21-11-15-2-6-16-12-20-13-17(16)10-15/h2-4,6-8,10,20H,5,9,11-13H2,1H3,(H,21,22). The minimum absolute atomic E-state index is 0.0828. The van der Waals surface area contributed by atoms with Crippen LogP contribution in [0.5, 0.6) is 5.75 Å². The Hall–Kier alpha value is -2.33. The Morgan fingerprint density at radius 1 is 1.09 bits per heavy atom. The number of carbonyl (C=O) groups is 1. The van der Waals surface area contributed by atoms with Crippen LogP contribution in [0, 0.1) is 0 Å². The summed E-state index contributed by atoms with van der Waals surface area (Å²) < 4.78 is 5.13. The highest BCUT2D eigenvalue weighted by atomic mass is 16.5. The average molecular weight is 310 g/mol. The molecular formula is C19H22N2O2. The quantitative estimate of drug-likeness (QED) is 0.862. The molecule has 1 amide bonds. The predicted octanol–water partition coefficient (Wildman–Crippen LogP) is 2.55. The number of nitrogens with one attached hydrogen (secondary N) is 2. The number of benzene rings is 2. The van der Waals surface area contributed by atoms with Gasteiger partial charge in [0.25, 0.3) is 0 Å². The summed E-state index contributed by atoms with van der Waals surface area (Å²) in [6, 6.07) is 14.3. The number of hydrogen-bond acceptors (Lipinski definition) is 3. The Balaban J connectivity index is 1.45. The lowest BCUT2D eigenvalue weighted by molar-refractivity contribution is -0.121. The van der Waals surface area contributed by atoms with Crippen molar-refractivity contribution in [1.82, 2.24) is 10.6 Å². The second-order valence-corrected chi connectivity index (χ2v) is 5.83. The summed E-state index contributed by atoms with van der Waals surface area (Å²) in [4.78, 5) is 12.0. The molecule has 0 radical (unpaired) electrons. The van der Waals surface area contributed by atoms with Gasteiger partial charge in [0.1, 0.15) is 5.75 Å². The van der Waals surface area contributed by atoms with E-state index in [1.807, 2.05) is 24.3 Å². The van der Waals surface area contributed by atoms with Crippen LogP contribution < -0.4 is 15.4 Å². The van der Waals surface area contributed by atoms with Crippen molar-refractivity contribution in [2.24, 2.45) is 0 Å². The van der Waals surface area contributed by atoms with E-state index in [-0.39, 0.29) is 5.91 Å². The van der Waals surface area contributed by atoms with Gasteiger partial charge < -0.3 is 15.4 Å². The van der Waals surface area contributed by atoms with Crippen molar-refractivity contribution in [2.75, 3.05) is 7.11 Å². The molecule has 0 aliphatic carbocycles. The largest absolute Gasteiger partial charge is 0.497 e. The molecule has 23 heavy (non-hydrogen) atoms. The number of rotatable bonds is 6. The molecule has 4 nitrogen and oxygen atoms in total. The SMILES string of the molecule is COc1ccc(CCC(=O)NCc2ccc3c(c2)CNC3)cc1. The molecule has 0 atom stereocenters. The lowest BCUT2D eigenvalue weighted by atomic mass is 10.1. The van der Waals surface area contributed by atoms with E-state index in [1.165, 1.54) is 11.1 Å². The molecule has 4 heteroatoms. The van der Waals surface area contributed by atoms with Crippen LogP contribution in [0.25, 0.3) is 0 Å². The van der Waals surface area contributed by atoms with Gasteiger partial charge in [0.2, 0.25) is 5.91 Å². The van der Waals surface area contributed by atoms with Crippen molar-refractivity contribution in [1.29, 1.82) is 0 Å². The fourth-order valence-electron chi connectivity index (χ4n) is 2.80. The van der Waals surface area contributed by atoms with E-state index >= 15 is 0 Å². The number of methoxy groups -OCH3 is 1. The third-order valence-electron chi connectivity index (χ3n) is 4.19. The maximum absolute atomic E-state index is 12.0. The van der Waals surface area contributed by atoms with E-state index in [0.717, 1.165) is 36.4 Å². The molecule has 0 saturated carbocycles. The Labute approximate surface area is 136 Å². The summed E-state index contributed by atoms with van der Waals surface area (Å²) in [5.41, 5.74) is 5.00. The zero-order valence-corrected chi connectivity index (χ0v) is 13.4. The van der Waals surface area contributed by atoms with Crippen molar-refractivity contribution in [3.8, 4) is 5.75 Å². The van der Waals surface area contributed by atoms with Crippen LogP contribution in [0.4, 0.5) is 0 Å². The van der Waals surface area contributed by atoms with Crippen LogP contribution in [-0.4, -0.2) is 13.0 Å². The van der Waals surface area contributed by atoms with Gasteiger partial charge in [-0.3, -0.25) is 4.79 Å². The molecule has 1 heterocycles. The molecule has 120 valence electrons. The topological polar surface area (TPSA) is 50.4 Å². The first-order chi connectivity index (χ1) is 11.2. The summed E-state index contributed by atoms with van der Waals surface area (Å²) in [7, 11) is 1.65. The number of carbonyl (C=O) groups excluding carboxylic acids is 1. The van der Waals surface area contributed by atoms with Gasteiger partial charge in [-0.2, -0.15) is 0 Å². The Morgan fingerprint density at radius 2 is 1.83 bits per heavy atom. The van der Waals surface area contributed by atoms with Gasteiger partial charge in [-0.1, -0.05) is 30.3 Å². The van der Waals surface area contributed by atoms with Gasteiger partial charge in [-0.05, 0) is 40.8 Å². The first kappa shape index (κ1) is 15.6. The van der Waals surface area contributed by atoms with Gasteiger partial charge in [0.15, 0.2) is 0 Å². The molecule has 3 rings (SSSR count). The van der Waals surface area contributed by atoms with Crippen molar-refractivity contribution in [3.63, 3.8) is 0 Å². The second kappa shape index (κ2) is 7.29. The fraction of sp³-hybridized carbons (Fsp3) is 0.316. The third kappa shape index (κ3) is 4.11. The molecule has 0 fully saturated rings. The lowest BCUT2D eigenvalue weighted by Gasteiger charge is -2.07. The molecule has 2 aromatic carbocycles. The van der Waals surface area contributed by atoms with Crippen LogP contribution in [0.1, 0.15) is 28.7 Å². The van der Waals surface area contributed by atoms with Crippen molar-refractivity contribution >= 4 is 5.91 Å². The number of aryl methyl sites for hydroxylation is 1. The predicted molar refractivity (Wildman–Crippen MR) is 90.1 cm³/mol. The molecule has 0 saturated heterocycles. The number of ether oxygens (including phenoxy) is 1. The van der Waals surface area contributed by atoms with E-state index in [1.54, 1.807) is 7.11 Å². The summed E-state index contributed by atoms with van der Waals surface area (Å²) >= 11 is 0. The summed E-state index contributed by atoms with van der Waals surface area (Å²) in [5.74, 6) is 0.920. The Kier molecular flexibility index (Phi) is 4.93. The maximum Gasteiger partial charge on any atom is 0.220 e. The van der Waals surface area contributed by atoms with Gasteiger partial charge in [0.05, 0.1) is 7.11 Å². The van der Waals surface area contributed by atoms with Crippen molar-refractivity contribution in [3.05, 3.63) is 64.7 Å². The van der Waals surface area contributed by atoms with Crippen LogP contribution in [0.2, 0.25) is 0 Å². The highest BCUT2D eigenvalue weighted by Crippen LogP contribution is 2.17. The van der Waals surface area contributed by atoms with E-state index < -0.39 is 0 Å². The summed E-state index contributed by atoms with van der Waals surface area (Å²) in [5, 5.41) is 6.33. The molecule has 2 aromatic rings. The molecule has 1 aliphatic rings. The molecule has 0 unspecified atom stereocenters. The van der Waals surface area contributed by atoms with Crippen molar-refractivity contribution < 1.29 is 9.53 Å². The van der Waals surface area contributed by atoms with Gasteiger partial charge in [-0.25, -0.2) is 0 Å². The molecule has 0 spiro atoms. The van der Waals surface area contributed by atoms with Crippen molar-refractivity contribution in [2.45, 2.75) is 32.5 Å². The monoisotopic (exact) mass is 310 g/mol. The zero-order valence-electron chi connectivity index (χ0n) is 13.4. The number of hydrogen-bond donors (Lipinski definition) is 2. The van der Waals surface area contributed by atoms with E-state index in [9.17, 15) is 4.79 Å². The molecule has 0 bridgehead atoms. The molecule has 1 aliphatic heterocycles. The summed E-state index contributed by atoms with van der Waals surface area (Å²) in [6.07, 6.45) is 1.24. The Morgan fingerprint density at radius 3 is 2.61 bits per heavy atom. The van der Waals surface area contributed by atoms with Crippen LogP contribution in [0.3, 0.4) is 0 Å². The average Bonchev–Trinajstić information content (AvgIpc) is 3.06. The van der Waals surface area contributed by atoms with Gasteiger partial charge in [0, 0.05) is 26.1 Å². The normalized spacial score (nSPS) is 12.7. The minimum atomic E-state index is 0.0828. The lowest BCUT2D eigenvalue weighted by Crippen LogP contribution is -2.23. The van der Waals surface area contributed by atoms with Gasteiger partial charge >= 0.3 is 0 Å². The maximum atomic E-state index is 12.0. The fourth-order valence-corrected chi connectivity index (χ4v) is 2.80. The van der Waals surface area contributed by atoms with Crippen LogP contribution >= 0.6 is 0 Å². The second-order valence-electron chi connectivity index (χ2n) is 5.83. The first-order valence-corrected chi connectivity index (χ1v) is 7.95. The number of amides is 1. The zero-order chi connectivity index (χ0) is 16.1. The van der Waals surface area contributed by atoms with Crippen LogP contribution in [0.15, 0.2) is 42.5 Å². The number of fused-ring (bicyclic) bond motifs is 1. The smallest absolute Gasteiger partial charge is 0.220 e. The van der Waals surface area contributed by atoms with E-state index in [4.69, 9.17) is 4.74 Å². The molecule has 0 aromatic heterocycles.